The fourth-order valence-corrected chi connectivity index (χ4v) is 4.81. The van der Waals surface area contributed by atoms with Crippen molar-refractivity contribution in [1.29, 1.82) is 0 Å². The van der Waals surface area contributed by atoms with Crippen molar-refractivity contribution in [3.05, 3.63) is 77.9 Å². The van der Waals surface area contributed by atoms with E-state index >= 15 is 0 Å². The Hall–Kier alpha value is -3.12. The monoisotopic (exact) mass is 430 g/mol. The number of carbonyl (C=O) groups excluding carboxylic acids is 1. The molecule has 0 N–H and O–H groups in total. The first-order valence-electron chi connectivity index (χ1n) is 11.5. The highest BCUT2D eigenvalue weighted by molar-refractivity contribution is 5.89. The molecule has 2 aliphatic heterocycles. The number of hydrogen-bond donors (Lipinski definition) is 0. The number of amides is 1. The number of imidazole rings is 1. The lowest BCUT2D eigenvalue weighted by Crippen LogP contribution is -2.50. The molecule has 3 aromatic rings. The highest BCUT2D eigenvalue weighted by atomic mass is 16.5. The maximum Gasteiger partial charge on any atom is 0.234 e. The molecule has 1 amide bonds. The van der Waals surface area contributed by atoms with Crippen molar-refractivity contribution >= 4 is 5.91 Å². The second kappa shape index (κ2) is 8.79. The molecule has 0 aliphatic carbocycles. The van der Waals surface area contributed by atoms with E-state index in [2.05, 4.69) is 34.5 Å². The molecule has 2 aromatic carbocycles. The van der Waals surface area contributed by atoms with Crippen molar-refractivity contribution < 1.29 is 9.53 Å². The molecule has 0 spiro atoms. The molecule has 32 heavy (non-hydrogen) atoms. The van der Waals surface area contributed by atoms with Gasteiger partial charge in [0.25, 0.3) is 0 Å². The van der Waals surface area contributed by atoms with Crippen LogP contribution in [-0.4, -0.2) is 58.0 Å². The van der Waals surface area contributed by atoms with Crippen molar-refractivity contribution in [1.82, 2.24) is 19.4 Å². The number of rotatable bonds is 5. The number of aromatic nitrogens is 2. The Morgan fingerprint density at radius 1 is 0.969 bits per heavy atom. The second-order valence-electron chi connectivity index (χ2n) is 8.91. The summed E-state index contributed by atoms with van der Waals surface area (Å²) in [6.07, 6.45) is 3.95. The van der Waals surface area contributed by atoms with Gasteiger partial charge in [0.15, 0.2) is 0 Å². The lowest BCUT2D eigenvalue weighted by molar-refractivity contribution is -0.133. The van der Waals surface area contributed by atoms with Gasteiger partial charge in [0.2, 0.25) is 5.91 Å². The van der Waals surface area contributed by atoms with Gasteiger partial charge in [0.1, 0.15) is 17.3 Å². The minimum atomic E-state index is -0.303. The van der Waals surface area contributed by atoms with E-state index < -0.39 is 0 Å². The topological polar surface area (TPSA) is 50.6 Å². The van der Waals surface area contributed by atoms with E-state index in [1.807, 2.05) is 59.6 Å². The predicted molar refractivity (Wildman–Crippen MR) is 124 cm³/mol. The summed E-state index contributed by atoms with van der Waals surface area (Å²) >= 11 is 0. The molecular weight excluding hydrogens is 400 g/mol. The summed E-state index contributed by atoms with van der Waals surface area (Å²) in [5, 5.41) is 0. The summed E-state index contributed by atoms with van der Waals surface area (Å²) < 4.78 is 8.32. The van der Waals surface area contributed by atoms with E-state index in [9.17, 15) is 4.79 Å². The van der Waals surface area contributed by atoms with Gasteiger partial charge < -0.3 is 14.2 Å². The Kier molecular flexibility index (Phi) is 5.70. The van der Waals surface area contributed by atoms with Crippen LogP contribution in [0.2, 0.25) is 0 Å². The highest BCUT2D eigenvalue weighted by Gasteiger charge is 2.36. The summed E-state index contributed by atoms with van der Waals surface area (Å²) in [4.78, 5) is 22.6. The SMILES string of the molecule is CC(C)c1nccn1CCN1CCN(C(=O)C2c3ccccc3Oc3ccccc32)CC1. The zero-order chi connectivity index (χ0) is 22.1. The number of benzene rings is 2. The number of hydrogen-bond acceptors (Lipinski definition) is 4. The second-order valence-corrected chi connectivity index (χ2v) is 8.91. The molecular formula is C26H30N4O2. The normalized spacial score (nSPS) is 16.5. The van der Waals surface area contributed by atoms with Crippen LogP contribution < -0.4 is 4.74 Å². The lowest BCUT2D eigenvalue weighted by atomic mass is 9.86. The summed E-state index contributed by atoms with van der Waals surface area (Å²) in [6.45, 7) is 9.55. The first-order valence-corrected chi connectivity index (χ1v) is 11.5. The zero-order valence-electron chi connectivity index (χ0n) is 18.8. The van der Waals surface area contributed by atoms with E-state index in [1.165, 1.54) is 0 Å². The van der Waals surface area contributed by atoms with Crippen LogP contribution in [0.15, 0.2) is 60.9 Å². The average Bonchev–Trinajstić information content (AvgIpc) is 3.30. The number of carbonyl (C=O) groups is 1. The standard InChI is InChI=1S/C26H30N4O2/c1-19(2)25-27-11-12-29(25)16-13-28-14-17-30(18-15-28)26(31)24-20-7-3-5-9-22(20)32-23-10-6-4-8-21(23)24/h3-12,19,24H,13-18H2,1-2H3. The molecule has 0 radical (unpaired) electrons. The average molecular weight is 431 g/mol. The van der Waals surface area contributed by atoms with Crippen molar-refractivity contribution in [3.63, 3.8) is 0 Å². The maximum atomic E-state index is 13.7. The minimum absolute atomic E-state index is 0.171. The van der Waals surface area contributed by atoms with E-state index in [4.69, 9.17) is 4.74 Å². The Morgan fingerprint density at radius 2 is 1.59 bits per heavy atom. The van der Waals surface area contributed by atoms with Crippen LogP contribution in [0.4, 0.5) is 0 Å². The molecule has 2 aliphatic rings. The van der Waals surface area contributed by atoms with Crippen LogP contribution in [-0.2, 0) is 11.3 Å². The van der Waals surface area contributed by atoms with Gasteiger partial charge in [-0.3, -0.25) is 9.69 Å². The van der Waals surface area contributed by atoms with Gasteiger partial charge in [0, 0.05) is 68.7 Å². The third-order valence-corrected chi connectivity index (χ3v) is 6.53. The molecule has 3 heterocycles. The largest absolute Gasteiger partial charge is 0.457 e. The summed E-state index contributed by atoms with van der Waals surface area (Å²) in [7, 11) is 0. The molecule has 1 saturated heterocycles. The van der Waals surface area contributed by atoms with Crippen molar-refractivity contribution in [3.8, 4) is 11.5 Å². The highest BCUT2D eigenvalue weighted by Crippen LogP contribution is 2.44. The molecule has 6 heteroatoms. The Morgan fingerprint density at radius 3 is 2.22 bits per heavy atom. The van der Waals surface area contributed by atoms with Gasteiger partial charge in [-0.2, -0.15) is 0 Å². The van der Waals surface area contributed by atoms with Crippen molar-refractivity contribution in [2.24, 2.45) is 0 Å². The third kappa shape index (κ3) is 3.91. The molecule has 5 rings (SSSR count). The van der Waals surface area contributed by atoms with Crippen LogP contribution >= 0.6 is 0 Å². The predicted octanol–water partition coefficient (Wildman–Crippen LogP) is 4.09. The zero-order valence-corrected chi connectivity index (χ0v) is 18.8. The fraction of sp³-hybridized carbons (Fsp3) is 0.385. The number of ether oxygens (including phenoxy) is 1. The summed E-state index contributed by atoms with van der Waals surface area (Å²) in [5.41, 5.74) is 1.92. The van der Waals surface area contributed by atoms with E-state index in [-0.39, 0.29) is 11.8 Å². The van der Waals surface area contributed by atoms with Gasteiger partial charge >= 0.3 is 0 Å². The van der Waals surface area contributed by atoms with Crippen molar-refractivity contribution in [2.45, 2.75) is 32.2 Å². The number of para-hydroxylation sites is 2. The summed E-state index contributed by atoms with van der Waals surface area (Å²) in [5.74, 6) is 2.99. The van der Waals surface area contributed by atoms with Crippen LogP contribution in [0.3, 0.4) is 0 Å². The number of piperazine rings is 1. The van der Waals surface area contributed by atoms with E-state index in [0.717, 1.165) is 67.7 Å². The molecule has 0 atom stereocenters. The molecule has 0 saturated carbocycles. The molecule has 6 nitrogen and oxygen atoms in total. The van der Waals surface area contributed by atoms with Gasteiger partial charge in [-0.15, -0.1) is 0 Å². The molecule has 0 bridgehead atoms. The van der Waals surface area contributed by atoms with Gasteiger partial charge in [-0.25, -0.2) is 4.98 Å². The lowest BCUT2D eigenvalue weighted by Gasteiger charge is -2.38. The number of nitrogens with zero attached hydrogens (tertiary/aromatic N) is 4. The van der Waals surface area contributed by atoms with Crippen molar-refractivity contribution in [2.75, 3.05) is 32.7 Å². The number of fused-ring (bicyclic) bond motifs is 2. The maximum absolute atomic E-state index is 13.7. The van der Waals surface area contributed by atoms with Crippen LogP contribution in [0.1, 0.15) is 42.6 Å². The molecule has 166 valence electrons. The van der Waals surface area contributed by atoms with Gasteiger partial charge in [-0.05, 0) is 12.1 Å². The Balaban J connectivity index is 1.26. The smallest absolute Gasteiger partial charge is 0.234 e. The quantitative estimate of drug-likeness (QED) is 0.612. The Bertz CT molecular complexity index is 1050. The van der Waals surface area contributed by atoms with Gasteiger partial charge in [-0.1, -0.05) is 50.2 Å². The Labute approximate surface area is 189 Å². The van der Waals surface area contributed by atoms with E-state index in [0.29, 0.717) is 5.92 Å². The van der Waals surface area contributed by atoms with Crippen LogP contribution in [0.25, 0.3) is 0 Å². The summed E-state index contributed by atoms with van der Waals surface area (Å²) in [6, 6.07) is 15.8. The first-order chi connectivity index (χ1) is 15.6. The third-order valence-electron chi connectivity index (χ3n) is 6.53. The molecule has 0 unspecified atom stereocenters. The molecule has 1 aromatic heterocycles. The van der Waals surface area contributed by atoms with Crippen LogP contribution in [0, 0.1) is 0 Å². The van der Waals surface area contributed by atoms with Gasteiger partial charge in [0.05, 0.1) is 5.92 Å². The van der Waals surface area contributed by atoms with E-state index in [1.54, 1.807) is 0 Å². The minimum Gasteiger partial charge on any atom is -0.457 e. The first kappa shape index (κ1) is 20.8. The fourth-order valence-electron chi connectivity index (χ4n) is 4.81. The molecule has 1 fully saturated rings. The van der Waals surface area contributed by atoms with Crippen LogP contribution in [0.5, 0.6) is 11.5 Å².